The van der Waals surface area contributed by atoms with E-state index in [0.29, 0.717) is 28.7 Å². The lowest BCUT2D eigenvalue weighted by atomic mass is 9.93. The molecule has 1 heterocycles. The maximum atomic E-state index is 14.7. The van der Waals surface area contributed by atoms with Crippen molar-refractivity contribution < 1.29 is 18.7 Å². The van der Waals surface area contributed by atoms with Crippen molar-refractivity contribution in [1.29, 1.82) is 0 Å². The first-order chi connectivity index (χ1) is 17.0. The van der Waals surface area contributed by atoms with E-state index in [2.05, 4.69) is 10.2 Å². The van der Waals surface area contributed by atoms with Crippen molar-refractivity contribution in [2.24, 2.45) is 5.92 Å². The highest BCUT2D eigenvalue weighted by Gasteiger charge is 2.28. The molecule has 0 saturated carbocycles. The van der Waals surface area contributed by atoms with E-state index in [1.54, 1.807) is 31.4 Å². The van der Waals surface area contributed by atoms with Gasteiger partial charge in [0.2, 0.25) is 5.91 Å². The minimum atomic E-state index is -0.596. The second kappa shape index (κ2) is 12.0. The first-order valence-corrected chi connectivity index (χ1v) is 12.2. The number of rotatable bonds is 9. The van der Waals surface area contributed by atoms with Crippen LogP contribution in [0.25, 0.3) is 0 Å². The second-order valence-electron chi connectivity index (χ2n) is 8.63. The Balaban J connectivity index is 1.35. The molecule has 1 aliphatic rings. The van der Waals surface area contributed by atoms with Gasteiger partial charge in [-0.15, -0.1) is 0 Å². The third kappa shape index (κ3) is 6.53. The molecule has 0 bridgehead atoms. The molecule has 3 aromatic rings. The van der Waals surface area contributed by atoms with Crippen LogP contribution in [-0.2, 0) is 4.79 Å². The molecule has 1 N–H and O–H groups in total. The molecule has 0 radical (unpaired) electrons. The van der Waals surface area contributed by atoms with E-state index in [1.165, 1.54) is 6.07 Å². The van der Waals surface area contributed by atoms with Crippen LogP contribution in [0.1, 0.15) is 30.0 Å². The highest BCUT2D eigenvalue weighted by Crippen LogP contribution is 2.29. The normalized spacial score (nSPS) is 15.4. The second-order valence-corrected chi connectivity index (χ2v) is 9.04. The SMILES string of the molecule is COc1cccc([C@@H](NC(=O)C2CCN(CCOc3ccccc3Cl)CC2)c2ccccc2F)c1. The van der Waals surface area contributed by atoms with Crippen molar-refractivity contribution in [2.75, 3.05) is 33.4 Å². The van der Waals surface area contributed by atoms with Gasteiger partial charge in [-0.2, -0.15) is 0 Å². The predicted octanol–water partition coefficient (Wildman–Crippen LogP) is 5.48. The van der Waals surface area contributed by atoms with E-state index in [1.807, 2.05) is 42.5 Å². The summed E-state index contributed by atoms with van der Waals surface area (Å²) in [5, 5.41) is 3.71. The summed E-state index contributed by atoms with van der Waals surface area (Å²) >= 11 is 6.14. The Morgan fingerprint density at radius 1 is 1.09 bits per heavy atom. The molecule has 0 aromatic heterocycles. The number of carbonyl (C=O) groups excluding carboxylic acids is 1. The number of nitrogens with one attached hydrogen (secondary N) is 1. The summed E-state index contributed by atoms with van der Waals surface area (Å²) in [5.41, 5.74) is 1.21. The van der Waals surface area contributed by atoms with Crippen LogP contribution < -0.4 is 14.8 Å². The molecule has 1 amide bonds. The van der Waals surface area contributed by atoms with Gasteiger partial charge < -0.3 is 14.8 Å². The molecule has 7 heteroatoms. The van der Waals surface area contributed by atoms with E-state index < -0.39 is 6.04 Å². The fraction of sp³-hybridized carbons (Fsp3) is 0.321. The van der Waals surface area contributed by atoms with E-state index in [-0.39, 0.29) is 17.6 Å². The third-order valence-corrected chi connectivity index (χ3v) is 6.70. The molecule has 1 atom stereocenters. The van der Waals surface area contributed by atoms with Gasteiger partial charge in [0.15, 0.2) is 0 Å². The van der Waals surface area contributed by atoms with Crippen LogP contribution in [0.2, 0.25) is 5.02 Å². The summed E-state index contributed by atoms with van der Waals surface area (Å²) in [6.45, 7) is 2.90. The minimum Gasteiger partial charge on any atom is -0.497 e. The summed E-state index contributed by atoms with van der Waals surface area (Å²) in [6.07, 6.45) is 1.47. The molecule has 0 spiro atoms. The van der Waals surface area contributed by atoms with Gasteiger partial charge in [-0.3, -0.25) is 9.69 Å². The van der Waals surface area contributed by atoms with Crippen molar-refractivity contribution in [3.8, 4) is 11.5 Å². The van der Waals surface area contributed by atoms with Gasteiger partial charge >= 0.3 is 0 Å². The van der Waals surface area contributed by atoms with Gasteiger partial charge in [0.1, 0.15) is 23.9 Å². The number of para-hydroxylation sites is 1. The molecule has 4 rings (SSSR count). The van der Waals surface area contributed by atoms with Gasteiger partial charge in [-0.25, -0.2) is 4.39 Å². The van der Waals surface area contributed by atoms with Crippen LogP contribution in [0.5, 0.6) is 11.5 Å². The Morgan fingerprint density at radius 2 is 1.83 bits per heavy atom. The monoisotopic (exact) mass is 496 g/mol. The third-order valence-electron chi connectivity index (χ3n) is 6.39. The summed E-state index contributed by atoms with van der Waals surface area (Å²) in [7, 11) is 1.59. The molecule has 35 heavy (non-hydrogen) atoms. The predicted molar refractivity (Wildman–Crippen MR) is 135 cm³/mol. The quantitative estimate of drug-likeness (QED) is 0.426. The zero-order valence-corrected chi connectivity index (χ0v) is 20.5. The zero-order valence-electron chi connectivity index (χ0n) is 19.8. The lowest BCUT2D eigenvalue weighted by Gasteiger charge is -2.32. The van der Waals surface area contributed by atoms with Gasteiger partial charge in [-0.05, 0) is 61.8 Å². The summed E-state index contributed by atoms with van der Waals surface area (Å²) in [5.74, 6) is 0.795. The van der Waals surface area contributed by atoms with Gasteiger partial charge in [-0.1, -0.05) is 54.1 Å². The molecule has 3 aromatic carbocycles. The number of benzene rings is 3. The number of amides is 1. The van der Waals surface area contributed by atoms with Crippen molar-refractivity contribution in [1.82, 2.24) is 10.2 Å². The number of nitrogens with zero attached hydrogens (tertiary/aromatic N) is 1. The number of halogens is 2. The van der Waals surface area contributed by atoms with Crippen LogP contribution in [0.15, 0.2) is 72.8 Å². The number of ether oxygens (including phenoxy) is 2. The molecule has 184 valence electrons. The van der Waals surface area contributed by atoms with Crippen molar-refractivity contribution in [3.63, 3.8) is 0 Å². The van der Waals surface area contributed by atoms with Crippen LogP contribution in [-0.4, -0.2) is 44.2 Å². The number of carbonyl (C=O) groups is 1. The fourth-order valence-electron chi connectivity index (χ4n) is 4.40. The molecule has 0 unspecified atom stereocenters. The zero-order chi connectivity index (χ0) is 24.6. The summed E-state index contributed by atoms with van der Waals surface area (Å²) in [6, 6.07) is 20.8. The van der Waals surface area contributed by atoms with Crippen LogP contribution >= 0.6 is 11.6 Å². The minimum absolute atomic E-state index is 0.0620. The number of hydrogen-bond acceptors (Lipinski definition) is 4. The molecule has 1 saturated heterocycles. The average molecular weight is 497 g/mol. The average Bonchev–Trinajstić information content (AvgIpc) is 2.89. The van der Waals surface area contributed by atoms with Crippen LogP contribution in [0.3, 0.4) is 0 Å². The highest BCUT2D eigenvalue weighted by molar-refractivity contribution is 6.32. The molecular weight excluding hydrogens is 467 g/mol. The summed E-state index contributed by atoms with van der Waals surface area (Å²) < 4.78 is 25.8. The van der Waals surface area contributed by atoms with Crippen molar-refractivity contribution >= 4 is 17.5 Å². The Hall–Kier alpha value is -3.09. The number of likely N-dealkylation sites (tertiary alicyclic amines) is 1. The molecule has 5 nitrogen and oxygen atoms in total. The van der Waals surface area contributed by atoms with Gasteiger partial charge in [0.25, 0.3) is 0 Å². The Morgan fingerprint density at radius 3 is 2.57 bits per heavy atom. The maximum absolute atomic E-state index is 14.7. The number of hydrogen-bond donors (Lipinski definition) is 1. The van der Waals surface area contributed by atoms with E-state index >= 15 is 0 Å². The standard InChI is InChI=1S/C28H30ClFN2O3/c1-34-22-8-6-7-21(19-22)27(23-9-2-4-11-25(23)30)31-28(33)20-13-15-32(16-14-20)17-18-35-26-12-5-3-10-24(26)29/h2-12,19-20,27H,13-18H2,1H3,(H,31,33)/t27-/m1/s1. The fourth-order valence-corrected chi connectivity index (χ4v) is 4.59. The Labute approximate surface area is 210 Å². The van der Waals surface area contributed by atoms with Crippen LogP contribution in [0, 0.1) is 11.7 Å². The Kier molecular flexibility index (Phi) is 8.61. The lowest BCUT2D eigenvalue weighted by molar-refractivity contribution is -0.127. The van der Waals surface area contributed by atoms with Gasteiger partial charge in [0.05, 0.1) is 18.2 Å². The maximum Gasteiger partial charge on any atom is 0.223 e. The van der Waals surface area contributed by atoms with Crippen molar-refractivity contribution in [2.45, 2.75) is 18.9 Å². The smallest absolute Gasteiger partial charge is 0.223 e. The first-order valence-electron chi connectivity index (χ1n) is 11.8. The van der Waals surface area contributed by atoms with Gasteiger partial charge in [0, 0.05) is 18.0 Å². The lowest BCUT2D eigenvalue weighted by Crippen LogP contribution is -2.43. The molecular formula is C28H30ClFN2O3. The van der Waals surface area contributed by atoms with Crippen molar-refractivity contribution in [3.05, 3.63) is 94.8 Å². The van der Waals surface area contributed by atoms with E-state index in [0.717, 1.165) is 38.0 Å². The summed E-state index contributed by atoms with van der Waals surface area (Å²) in [4.78, 5) is 15.5. The molecule has 1 fully saturated rings. The highest BCUT2D eigenvalue weighted by atomic mass is 35.5. The van der Waals surface area contributed by atoms with E-state index in [4.69, 9.17) is 21.1 Å². The first kappa shape index (κ1) is 25.0. The Bertz CT molecular complexity index is 1130. The molecule has 0 aliphatic carbocycles. The molecule has 1 aliphatic heterocycles. The number of methoxy groups -OCH3 is 1. The van der Waals surface area contributed by atoms with E-state index in [9.17, 15) is 9.18 Å². The number of piperidine rings is 1. The topological polar surface area (TPSA) is 50.8 Å². The largest absolute Gasteiger partial charge is 0.497 e. The van der Waals surface area contributed by atoms with Crippen LogP contribution in [0.4, 0.5) is 4.39 Å².